The number of benzene rings is 2. The summed E-state index contributed by atoms with van der Waals surface area (Å²) in [5.74, 6) is 2.31. The van der Waals surface area contributed by atoms with Crippen LogP contribution in [0.4, 0.5) is 0 Å². The molecule has 0 spiro atoms. The van der Waals surface area contributed by atoms with Gasteiger partial charge < -0.3 is 0 Å². The van der Waals surface area contributed by atoms with Gasteiger partial charge in [-0.15, -0.1) is 0 Å². The van der Waals surface area contributed by atoms with Crippen molar-refractivity contribution in [1.82, 2.24) is 0 Å². The van der Waals surface area contributed by atoms with Gasteiger partial charge in [0.15, 0.2) is 5.78 Å². The molecule has 3 unspecified atom stereocenters. The van der Waals surface area contributed by atoms with Crippen molar-refractivity contribution in [1.29, 1.82) is 0 Å². The standard InChI is InChI=1S/C21H16O2/c22-14-19(15-8-3-1-4-9-15)21(16-10-5-2-6-11-16)18-13-7-12-17(18)20(21)23/h1-11,13,17-18H,12H2. The second kappa shape index (κ2) is 5.19. The molecular formula is C21H16O2. The number of allylic oxidation sites excluding steroid dienone is 3. The van der Waals surface area contributed by atoms with Crippen LogP contribution in [0.5, 0.6) is 0 Å². The first-order valence-electron chi connectivity index (χ1n) is 7.87. The van der Waals surface area contributed by atoms with Gasteiger partial charge in [0.2, 0.25) is 0 Å². The van der Waals surface area contributed by atoms with Crippen LogP contribution < -0.4 is 0 Å². The monoisotopic (exact) mass is 300 g/mol. The van der Waals surface area contributed by atoms with E-state index in [4.69, 9.17) is 0 Å². The largest absolute Gasteiger partial charge is 0.298 e. The quantitative estimate of drug-likeness (QED) is 0.641. The summed E-state index contributed by atoms with van der Waals surface area (Å²) in [6, 6.07) is 19.1. The Hall–Kier alpha value is -2.70. The van der Waals surface area contributed by atoms with E-state index >= 15 is 0 Å². The van der Waals surface area contributed by atoms with Gasteiger partial charge in [0.1, 0.15) is 5.94 Å². The lowest BCUT2D eigenvalue weighted by atomic mass is 9.47. The molecular weight excluding hydrogens is 284 g/mol. The van der Waals surface area contributed by atoms with Crippen molar-refractivity contribution in [2.45, 2.75) is 11.8 Å². The maximum absolute atomic E-state index is 13.1. The summed E-state index contributed by atoms with van der Waals surface area (Å²) in [5.41, 5.74) is 1.24. The van der Waals surface area contributed by atoms with Gasteiger partial charge in [-0.2, -0.15) is 0 Å². The first kappa shape index (κ1) is 13.9. The number of carbonyl (C=O) groups is 1. The number of hydrogen-bond acceptors (Lipinski definition) is 2. The predicted octanol–water partition coefficient (Wildman–Crippen LogP) is 3.61. The zero-order valence-corrected chi connectivity index (χ0v) is 12.6. The second-order valence-corrected chi connectivity index (χ2v) is 6.18. The normalized spacial score (nSPS) is 27.9. The maximum Gasteiger partial charge on any atom is 0.153 e. The van der Waals surface area contributed by atoms with Crippen molar-refractivity contribution in [3.63, 3.8) is 0 Å². The average molecular weight is 300 g/mol. The fraction of sp³-hybridized carbons (Fsp3) is 0.190. The lowest BCUT2D eigenvalue weighted by Gasteiger charge is -2.51. The van der Waals surface area contributed by atoms with E-state index in [0.29, 0.717) is 5.57 Å². The molecule has 1 fully saturated rings. The summed E-state index contributed by atoms with van der Waals surface area (Å²) in [6.07, 6.45) is 4.93. The molecule has 0 N–H and O–H groups in total. The zero-order chi connectivity index (χ0) is 15.9. The van der Waals surface area contributed by atoms with E-state index in [1.165, 1.54) is 0 Å². The van der Waals surface area contributed by atoms with E-state index in [2.05, 4.69) is 18.1 Å². The van der Waals surface area contributed by atoms with Crippen molar-refractivity contribution in [3.8, 4) is 0 Å². The molecule has 4 rings (SSSR count). The predicted molar refractivity (Wildman–Crippen MR) is 89.4 cm³/mol. The number of Topliss-reactive ketones (excluding diaryl/α,β-unsaturated/α-hetero) is 1. The van der Waals surface area contributed by atoms with Crippen LogP contribution in [0.2, 0.25) is 0 Å². The SMILES string of the molecule is O=C=C(c1ccccc1)C1(c2ccccc2)C(=O)C2CC=CC21. The van der Waals surface area contributed by atoms with Crippen LogP contribution in [0.25, 0.3) is 5.57 Å². The molecule has 0 aliphatic heterocycles. The molecule has 3 atom stereocenters. The Morgan fingerprint density at radius 2 is 1.65 bits per heavy atom. The van der Waals surface area contributed by atoms with Gasteiger partial charge in [0.05, 0.1) is 11.0 Å². The van der Waals surface area contributed by atoms with Crippen molar-refractivity contribution < 1.29 is 9.59 Å². The smallest absolute Gasteiger partial charge is 0.153 e. The van der Waals surface area contributed by atoms with Gasteiger partial charge in [-0.1, -0.05) is 72.8 Å². The number of carbonyl (C=O) groups excluding carboxylic acids is 2. The van der Waals surface area contributed by atoms with Crippen LogP contribution >= 0.6 is 0 Å². The molecule has 0 saturated heterocycles. The Morgan fingerprint density at radius 1 is 1.00 bits per heavy atom. The van der Waals surface area contributed by atoms with Gasteiger partial charge >= 0.3 is 0 Å². The fourth-order valence-corrected chi connectivity index (χ4v) is 4.17. The highest BCUT2D eigenvalue weighted by Gasteiger charge is 2.64. The van der Waals surface area contributed by atoms with E-state index in [0.717, 1.165) is 17.5 Å². The molecule has 2 heteroatoms. The van der Waals surface area contributed by atoms with E-state index in [1.807, 2.05) is 60.7 Å². The third kappa shape index (κ3) is 1.76. The summed E-state index contributed by atoms with van der Waals surface area (Å²) >= 11 is 0. The van der Waals surface area contributed by atoms with Crippen LogP contribution in [-0.2, 0) is 15.0 Å². The van der Waals surface area contributed by atoms with Crippen LogP contribution in [0.15, 0.2) is 72.8 Å². The minimum absolute atomic E-state index is 0.00210. The molecule has 0 bridgehead atoms. The maximum atomic E-state index is 13.1. The van der Waals surface area contributed by atoms with Crippen LogP contribution in [0.3, 0.4) is 0 Å². The molecule has 2 aliphatic rings. The number of ketones is 1. The topological polar surface area (TPSA) is 34.1 Å². The summed E-state index contributed by atoms with van der Waals surface area (Å²) in [6.45, 7) is 0. The molecule has 0 aromatic heterocycles. The van der Waals surface area contributed by atoms with Crippen LogP contribution in [-0.4, -0.2) is 11.7 Å². The molecule has 23 heavy (non-hydrogen) atoms. The Kier molecular flexibility index (Phi) is 3.14. The third-order valence-electron chi connectivity index (χ3n) is 5.18. The summed E-state index contributed by atoms with van der Waals surface area (Å²) in [7, 11) is 0. The average Bonchev–Trinajstić information content (AvgIpc) is 3.06. The highest BCUT2D eigenvalue weighted by atomic mass is 16.1. The highest BCUT2D eigenvalue weighted by molar-refractivity contribution is 6.16. The number of rotatable bonds is 3. The lowest BCUT2D eigenvalue weighted by Crippen LogP contribution is -2.59. The fourth-order valence-electron chi connectivity index (χ4n) is 4.17. The van der Waals surface area contributed by atoms with Crippen LogP contribution in [0.1, 0.15) is 17.5 Å². The molecule has 2 aromatic carbocycles. The Morgan fingerprint density at radius 3 is 2.30 bits per heavy atom. The first-order valence-corrected chi connectivity index (χ1v) is 7.87. The highest BCUT2D eigenvalue weighted by Crippen LogP contribution is 2.59. The van der Waals surface area contributed by atoms with Crippen LogP contribution in [0, 0.1) is 11.8 Å². The molecule has 112 valence electrons. The van der Waals surface area contributed by atoms with E-state index in [-0.39, 0.29) is 17.6 Å². The molecule has 1 saturated carbocycles. The summed E-state index contributed by atoms with van der Waals surface area (Å²) in [4.78, 5) is 25.0. The Balaban J connectivity index is 1.96. The van der Waals surface area contributed by atoms with Crippen molar-refractivity contribution in [2.24, 2.45) is 11.8 Å². The molecule has 2 aliphatic carbocycles. The van der Waals surface area contributed by atoms with Gasteiger partial charge in [-0.3, -0.25) is 4.79 Å². The zero-order valence-electron chi connectivity index (χ0n) is 12.6. The Bertz CT molecular complexity index is 829. The second-order valence-electron chi connectivity index (χ2n) is 6.18. The van der Waals surface area contributed by atoms with E-state index < -0.39 is 5.41 Å². The van der Waals surface area contributed by atoms with Gasteiger partial charge in [-0.05, 0) is 17.5 Å². The minimum atomic E-state index is -0.887. The van der Waals surface area contributed by atoms with Crippen molar-refractivity contribution >= 4 is 17.3 Å². The molecule has 0 heterocycles. The molecule has 0 amide bonds. The first-order chi connectivity index (χ1) is 11.3. The number of hydrogen-bond donors (Lipinski definition) is 0. The van der Waals surface area contributed by atoms with Gasteiger partial charge in [0, 0.05) is 11.8 Å². The summed E-state index contributed by atoms with van der Waals surface area (Å²) in [5, 5.41) is 0. The van der Waals surface area contributed by atoms with Crippen molar-refractivity contribution in [3.05, 3.63) is 83.9 Å². The van der Waals surface area contributed by atoms with Gasteiger partial charge in [0.25, 0.3) is 0 Å². The molecule has 2 nitrogen and oxygen atoms in total. The third-order valence-corrected chi connectivity index (χ3v) is 5.18. The van der Waals surface area contributed by atoms with Crippen molar-refractivity contribution in [2.75, 3.05) is 0 Å². The Labute approximate surface area is 135 Å². The molecule has 2 aromatic rings. The number of fused-ring (bicyclic) bond motifs is 1. The lowest BCUT2D eigenvalue weighted by molar-refractivity contribution is -0.138. The molecule has 0 radical (unpaired) electrons. The van der Waals surface area contributed by atoms with E-state index in [9.17, 15) is 9.59 Å². The minimum Gasteiger partial charge on any atom is -0.298 e. The van der Waals surface area contributed by atoms with E-state index in [1.54, 1.807) is 0 Å². The summed E-state index contributed by atoms with van der Waals surface area (Å²) < 4.78 is 0. The van der Waals surface area contributed by atoms with Gasteiger partial charge in [-0.25, -0.2) is 4.79 Å².